The van der Waals surface area contributed by atoms with E-state index in [1.165, 1.54) is 12.8 Å². The van der Waals surface area contributed by atoms with E-state index in [-0.39, 0.29) is 0 Å². The SMILES string of the molecule is COc1c(Cl)cc(CC2(O)CC2)cc1OCC1CC1. The van der Waals surface area contributed by atoms with Crippen LogP contribution in [0.1, 0.15) is 31.2 Å². The number of methoxy groups -OCH3 is 1. The lowest BCUT2D eigenvalue weighted by Gasteiger charge is -2.15. The van der Waals surface area contributed by atoms with Gasteiger partial charge in [0.1, 0.15) is 0 Å². The van der Waals surface area contributed by atoms with Crippen LogP contribution in [0.4, 0.5) is 0 Å². The molecule has 0 atom stereocenters. The van der Waals surface area contributed by atoms with Gasteiger partial charge in [0.05, 0.1) is 24.3 Å². The second kappa shape index (κ2) is 4.88. The zero-order valence-corrected chi connectivity index (χ0v) is 11.9. The number of benzene rings is 1. The number of ether oxygens (including phenoxy) is 2. The average Bonchev–Trinajstić information content (AvgIpc) is 3.25. The predicted octanol–water partition coefficient (Wildman–Crippen LogP) is 3.20. The predicted molar refractivity (Wildman–Crippen MR) is 74.1 cm³/mol. The van der Waals surface area contributed by atoms with Gasteiger partial charge in [-0.2, -0.15) is 0 Å². The molecular weight excluding hydrogens is 264 g/mol. The van der Waals surface area contributed by atoms with Crippen LogP contribution in [0.2, 0.25) is 5.02 Å². The summed E-state index contributed by atoms with van der Waals surface area (Å²) in [5, 5.41) is 10.6. The van der Waals surface area contributed by atoms with E-state index < -0.39 is 5.60 Å². The number of rotatable bonds is 6. The van der Waals surface area contributed by atoms with Gasteiger partial charge in [0.25, 0.3) is 0 Å². The average molecular weight is 283 g/mol. The van der Waals surface area contributed by atoms with Crippen molar-refractivity contribution < 1.29 is 14.6 Å². The lowest BCUT2D eigenvalue weighted by atomic mass is 10.1. The molecule has 104 valence electrons. The fourth-order valence-electron chi connectivity index (χ4n) is 2.22. The summed E-state index contributed by atoms with van der Waals surface area (Å²) < 4.78 is 11.1. The minimum atomic E-state index is -0.522. The molecule has 1 aromatic rings. The molecule has 2 fully saturated rings. The van der Waals surface area contributed by atoms with E-state index >= 15 is 0 Å². The Kier molecular flexibility index (Phi) is 3.35. The Hall–Kier alpha value is -0.930. The van der Waals surface area contributed by atoms with Crippen molar-refractivity contribution in [1.29, 1.82) is 0 Å². The van der Waals surface area contributed by atoms with Gasteiger partial charge >= 0.3 is 0 Å². The molecule has 0 heterocycles. The molecule has 3 rings (SSSR count). The topological polar surface area (TPSA) is 38.7 Å². The van der Waals surface area contributed by atoms with E-state index in [2.05, 4.69) is 0 Å². The normalized spacial score (nSPS) is 20.2. The smallest absolute Gasteiger partial charge is 0.179 e. The van der Waals surface area contributed by atoms with Crippen molar-refractivity contribution in [3.05, 3.63) is 22.7 Å². The second-order valence-corrected chi connectivity index (χ2v) is 6.17. The van der Waals surface area contributed by atoms with Crippen LogP contribution >= 0.6 is 11.6 Å². The molecule has 0 amide bonds. The van der Waals surface area contributed by atoms with Crippen LogP contribution in [-0.4, -0.2) is 24.4 Å². The Labute approximate surface area is 118 Å². The largest absolute Gasteiger partial charge is 0.491 e. The Bertz CT molecular complexity index is 479. The van der Waals surface area contributed by atoms with Crippen LogP contribution in [-0.2, 0) is 6.42 Å². The van der Waals surface area contributed by atoms with Crippen LogP contribution in [0, 0.1) is 5.92 Å². The summed E-state index contributed by atoms with van der Waals surface area (Å²) in [6.45, 7) is 0.723. The first-order valence-electron chi connectivity index (χ1n) is 6.81. The first-order valence-corrected chi connectivity index (χ1v) is 7.19. The molecule has 2 aliphatic rings. The third-order valence-electron chi connectivity index (χ3n) is 3.81. The number of halogens is 1. The maximum atomic E-state index is 10.0. The first-order chi connectivity index (χ1) is 9.09. The Balaban J connectivity index is 1.80. The molecule has 1 aromatic carbocycles. The van der Waals surface area contributed by atoms with Crippen molar-refractivity contribution >= 4 is 11.6 Å². The second-order valence-electron chi connectivity index (χ2n) is 5.76. The summed E-state index contributed by atoms with van der Waals surface area (Å²) in [7, 11) is 1.60. The van der Waals surface area contributed by atoms with Crippen molar-refractivity contribution in [2.24, 2.45) is 5.92 Å². The van der Waals surface area contributed by atoms with E-state index in [0.29, 0.717) is 28.9 Å². The van der Waals surface area contributed by atoms with Gasteiger partial charge in [-0.3, -0.25) is 0 Å². The van der Waals surface area contributed by atoms with E-state index in [1.54, 1.807) is 7.11 Å². The maximum Gasteiger partial charge on any atom is 0.179 e. The lowest BCUT2D eigenvalue weighted by molar-refractivity contribution is 0.151. The molecule has 0 bridgehead atoms. The molecule has 4 heteroatoms. The summed E-state index contributed by atoms with van der Waals surface area (Å²) >= 11 is 6.23. The van der Waals surface area contributed by atoms with Crippen molar-refractivity contribution in [3.8, 4) is 11.5 Å². The summed E-state index contributed by atoms with van der Waals surface area (Å²) in [5.74, 6) is 1.97. The highest BCUT2D eigenvalue weighted by Gasteiger charge is 2.40. The van der Waals surface area contributed by atoms with Crippen LogP contribution in [0.15, 0.2) is 12.1 Å². The molecule has 0 aromatic heterocycles. The molecule has 0 unspecified atom stereocenters. The minimum Gasteiger partial charge on any atom is -0.491 e. The highest BCUT2D eigenvalue weighted by atomic mass is 35.5. The number of aliphatic hydroxyl groups is 1. The molecule has 1 N–H and O–H groups in total. The molecule has 2 saturated carbocycles. The summed E-state index contributed by atoms with van der Waals surface area (Å²) in [6, 6.07) is 3.81. The Morgan fingerprint density at radius 3 is 2.68 bits per heavy atom. The van der Waals surface area contributed by atoms with Crippen molar-refractivity contribution in [1.82, 2.24) is 0 Å². The standard InChI is InChI=1S/C15H19ClO3/c1-18-14-12(16)6-11(8-15(17)4-5-15)7-13(14)19-9-10-2-3-10/h6-7,10,17H,2-5,8-9H2,1H3. The van der Waals surface area contributed by atoms with E-state index in [4.69, 9.17) is 21.1 Å². The molecular formula is C15H19ClO3. The van der Waals surface area contributed by atoms with Crippen molar-refractivity contribution in [3.63, 3.8) is 0 Å². The zero-order valence-electron chi connectivity index (χ0n) is 11.1. The van der Waals surface area contributed by atoms with Crippen molar-refractivity contribution in [2.75, 3.05) is 13.7 Å². The van der Waals surface area contributed by atoms with Gasteiger partial charge < -0.3 is 14.6 Å². The van der Waals surface area contributed by atoms with Crippen LogP contribution in [0.5, 0.6) is 11.5 Å². The maximum absolute atomic E-state index is 10.0. The zero-order chi connectivity index (χ0) is 13.5. The third kappa shape index (κ3) is 3.15. The minimum absolute atomic E-state index is 0.522. The Morgan fingerprint density at radius 2 is 2.11 bits per heavy atom. The molecule has 2 aliphatic carbocycles. The van der Waals surface area contributed by atoms with Gasteiger partial charge in [-0.25, -0.2) is 0 Å². The van der Waals surface area contributed by atoms with Crippen LogP contribution in [0.3, 0.4) is 0 Å². The van der Waals surface area contributed by atoms with Gasteiger partial charge in [-0.1, -0.05) is 11.6 Å². The molecule has 0 aliphatic heterocycles. The fourth-order valence-corrected chi connectivity index (χ4v) is 2.53. The molecule has 0 spiro atoms. The first kappa shape index (κ1) is 13.1. The van der Waals surface area contributed by atoms with E-state index in [9.17, 15) is 5.11 Å². The lowest BCUT2D eigenvalue weighted by Crippen LogP contribution is -2.11. The van der Waals surface area contributed by atoms with Gasteiger partial charge in [-0.05, 0) is 49.3 Å². The quantitative estimate of drug-likeness (QED) is 0.871. The molecule has 0 saturated heterocycles. The van der Waals surface area contributed by atoms with Crippen LogP contribution < -0.4 is 9.47 Å². The fraction of sp³-hybridized carbons (Fsp3) is 0.600. The highest BCUT2D eigenvalue weighted by molar-refractivity contribution is 6.32. The third-order valence-corrected chi connectivity index (χ3v) is 4.09. The van der Waals surface area contributed by atoms with Gasteiger partial charge in [0, 0.05) is 6.42 Å². The highest BCUT2D eigenvalue weighted by Crippen LogP contribution is 2.42. The van der Waals surface area contributed by atoms with Crippen molar-refractivity contribution in [2.45, 2.75) is 37.7 Å². The van der Waals surface area contributed by atoms with E-state index in [1.807, 2.05) is 12.1 Å². The number of hydrogen-bond acceptors (Lipinski definition) is 3. The summed E-state index contributed by atoms with van der Waals surface area (Å²) in [5.41, 5.74) is 0.489. The molecule has 19 heavy (non-hydrogen) atoms. The van der Waals surface area contributed by atoms with Gasteiger partial charge in [0.2, 0.25) is 0 Å². The summed E-state index contributed by atoms with van der Waals surface area (Å²) in [4.78, 5) is 0. The van der Waals surface area contributed by atoms with Gasteiger partial charge in [0.15, 0.2) is 11.5 Å². The monoisotopic (exact) mass is 282 g/mol. The number of hydrogen-bond donors (Lipinski definition) is 1. The van der Waals surface area contributed by atoms with Gasteiger partial charge in [-0.15, -0.1) is 0 Å². The summed E-state index contributed by atoms with van der Waals surface area (Å²) in [6.07, 6.45) is 4.87. The van der Waals surface area contributed by atoms with Crippen LogP contribution in [0.25, 0.3) is 0 Å². The Morgan fingerprint density at radius 1 is 1.37 bits per heavy atom. The molecule has 3 nitrogen and oxygen atoms in total. The molecule has 0 radical (unpaired) electrons. The van der Waals surface area contributed by atoms with E-state index in [0.717, 1.165) is 25.0 Å².